The van der Waals surface area contributed by atoms with Gasteiger partial charge in [-0.1, -0.05) is 6.07 Å². The van der Waals surface area contributed by atoms with Crippen LogP contribution in [0.2, 0.25) is 0 Å². The number of hydrogen-bond acceptors (Lipinski definition) is 3. The molecule has 0 atom stereocenters. The van der Waals surface area contributed by atoms with E-state index >= 15 is 0 Å². The summed E-state index contributed by atoms with van der Waals surface area (Å²) in [5, 5.41) is 3.18. The Hall–Kier alpha value is -2.10. The van der Waals surface area contributed by atoms with Gasteiger partial charge in [-0.15, -0.1) is 0 Å². The fourth-order valence-corrected chi connectivity index (χ4v) is 2.02. The third-order valence-corrected chi connectivity index (χ3v) is 2.85. The minimum atomic E-state index is -0.225. The number of benzene rings is 1. The Balaban J connectivity index is 2.33. The van der Waals surface area contributed by atoms with E-state index in [2.05, 4.69) is 10.3 Å². The lowest BCUT2D eigenvalue weighted by atomic mass is 10.2. The first-order chi connectivity index (χ1) is 9.24. The summed E-state index contributed by atoms with van der Waals surface area (Å²) in [7, 11) is 0. The third kappa shape index (κ3) is 3.22. The van der Waals surface area contributed by atoms with Crippen molar-refractivity contribution in [3.05, 3.63) is 48.4 Å². The molecule has 4 heteroatoms. The average molecular weight is 259 g/mol. The molecule has 1 N–H and O–H groups in total. The van der Waals surface area contributed by atoms with Gasteiger partial charge in [0.1, 0.15) is 11.6 Å². The molecule has 0 radical (unpaired) electrons. The topological polar surface area (TPSA) is 28.2 Å². The average Bonchev–Trinajstić information content (AvgIpc) is 2.41. The highest BCUT2D eigenvalue weighted by Crippen LogP contribution is 2.26. The second-order valence-corrected chi connectivity index (χ2v) is 4.15. The third-order valence-electron chi connectivity index (χ3n) is 2.85. The first-order valence-corrected chi connectivity index (χ1v) is 6.47. The Morgan fingerprint density at radius 1 is 1.16 bits per heavy atom. The molecule has 0 amide bonds. The Kier molecular flexibility index (Phi) is 4.34. The molecule has 0 bridgehead atoms. The molecule has 1 heterocycles. The zero-order valence-electron chi connectivity index (χ0n) is 11.2. The van der Waals surface area contributed by atoms with Crippen LogP contribution in [0.15, 0.2) is 42.6 Å². The van der Waals surface area contributed by atoms with E-state index in [-0.39, 0.29) is 5.82 Å². The first-order valence-electron chi connectivity index (χ1n) is 6.47. The van der Waals surface area contributed by atoms with Gasteiger partial charge in [-0.2, -0.15) is 0 Å². The maximum absolute atomic E-state index is 13.3. The molecule has 0 aliphatic carbocycles. The van der Waals surface area contributed by atoms with E-state index in [1.165, 1.54) is 12.1 Å². The van der Waals surface area contributed by atoms with Gasteiger partial charge in [0, 0.05) is 36.7 Å². The van der Waals surface area contributed by atoms with Gasteiger partial charge in [0.05, 0.1) is 0 Å². The van der Waals surface area contributed by atoms with Crippen molar-refractivity contribution >= 4 is 17.2 Å². The van der Waals surface area contributed by atoms with Crippen molar-refractivity contribution < 1.29 is 4.39 Å². The van der Waals surface area contributed by atoms with E-state index in [9.17, 15) is 4.39 Å². The molecular formula is C15H18FN3. The van der Waals surface area contributed by atoms with Crippen LogP contribution in [0.5, 0.6) is 0 Å². The highest BCUT2D eigenvalue weighted by atomic mass is 19.1. The van der Waals surface area contributed by atoms with E-state index in [0.717, 1.165) is 30.3 Å². The fraction of sp³-hybridized carbons (Fsp3) is 0.267. The number of rotatable bonds is 5. The SMILES string of the molecule is CCNc1cc(N(CC)c2cccc(F)c2)ccn1. The first kappa shape index (κ1) is 13.3. The highest BCUT2D eigenvalue weighted by Gasteiger charge is 2.08. The number of aromatic nitrogens is 1. The molecule has 3 nitrogen and oxygen atoms in total. The van der Waals surface area contributed by atoms with Gasteiger partial charge >= 0.3 is 0 Å². The smallest absolute Gasteiger partial charge is 0.127 e. The van der Waals surface area contributed by atoms with Crippen molar-refractivity contribution in [3.8, 4) is 0 Å². The van der Waals surface area contributed by atoms with Gasteiger partial charge in [0.2, 0.25) is 0 Å². The molecule has 0 saturated heterocycles. The summed E-state index contributed by atoms with van der Waals surface area (Å²) in [5.41, 5.74) is 1.84. The van der Waals surface area contributed by atoms with Gasteiger partial charge in [-0.25, -0.2) is 9.37 Å². The molecule has 0 aliphatic rings. The maximum Gasteiger partial charge on any atom is 0.127 e. The van der Waals surface area contributed by atoms with Crippen LogP contribution in [0.1, 0.15) is 13.8 Å². The number of pyridine rings is 1. The monoisotopic (exact) mass is 259 g/mol. The van der Waals surface area contributed by atoms with Gasteiger partial charge < -0.3 is 10.2 Å². The number of anilines is 3. The molecule has 100 valence electrons. The second kappa shape index (κ2) is 6.18. The number of nitrogens with one attached hydrogen (secondary N) is 1. The Morgan fingerprint density at radius 2 is 1.95 bits per heavy atom. The number of hydrogen-bond donors (Lipinski definition) is 1. The van der Waals surface area contributed by atoms with Gasteiger partial charge in [0.15, 0.2) is 0 Å². The number of nitrogens with zero attached hydrogens (tertiary/aromatic N) is 2. The summed E-state index contributed by atoms with van der Waals surface area (Å²) in [6.07, 6.45) is 1.76. The van der Waals surface area contributed by atoms with Crippen molar-refractivity contribution in [2.75, 3.05) is 23.3 Å². The summed E-state index contributed by atoms with van der Waals surface area (Å²) in [4.78, 5) is 6.29. The van der Waals surface area contributed by atoms with Crippen LogP contribution in [0.3, 0.4) is 0 Å². The van der Waals surface area contributed by atoms with Crippen molar-refractivity contribution in [3.63, 3.8) is 0 Å². The fourth-order valence-electron chi connectivity index (χ4n) is 2.02. The predicted molar refractivity (Wildman–Crippen MR) is 77.5 cm³/mol. The van der Waals surface area contributed by atoms with Gasteiger partial charge in [0.25, 0.3) is 0 Å². The highest BCUT2D eigenvalue weighted by molar-refractivity contribution is 5.65. The molecule has 0 fully saturated rings. The molecular weight excluding hydrogens is 241 g/mol. The van der Waals surface area contributed by atoms with Crippen molar-refractivity contribution in [1.82, 2.24) is 4.98 Å². The lowest BCUT2D eigenvalue weighted by molar-refractivity contribution is 0.627. The predicted octanol–water partition coefficient (Wildman–Crippen LogP) is 3.81. The molecule has 19 heavy (non-hydrogen) atoms. The molecule has 0 aliphatic heterocycles. The zero-order valence-corrected chi connectivity index (χ0v) is 11.2. The summed E-state index contributed by atoms with van der Waals surface area (Å²) in [6.45, 7) is 5.65. The van der Waals surface area contributed by atoms with Crippen LogP contribution < -0.4 is 10.2 Å². The van der Waals surface area contributed by atoms with Crippen molar-refractivity contribution in [2.45, 2.75) is 13.8 Å². The standard InChI is InChI=1S/C15H18FN3/c1-3-17-15-11-14(8-9-18-15)19(4-2)13-7-5-6-12(16)10-13/h5-11H,3-4H2,1-2H3,(H,17,18). The van der Waals surface area contributed by atoms with Crippen LogP contribution in [0.4, 0.5) is 21.6 Å². The minimum absolute atomic E-state index is 0.225. The van der Waals surface area contributed by atoms with Crippen LogP contribution >= 0.6 is 0 Å². The van der Waals surface area contributed by atoms with Gasteiger partial charge in [-0.05, 0) is 38.1 Å². The normalized spacial score (nSPS) is 10.3. The lowest BCUT2D eigenvalue weighted by Gasteiger charge is -2.23. The van der Waals surface area contributed by atoms with Crippen LogP contribution in [-0.4, -0.2) is 18.1 Å². The van der Waals surface area contributed by atoms with E-state index in [1.54, 1.807) is 12.3 Å². The molecule has 0 unspecified atom stereocenters. The molecule has 0 saturated carbocycles. The van der Waals surface area contributed by atoms with Gasteiger partial charge in [-0.3, -0.25) is 0 Å². The molecule has 1 aromatic heterocycles. The molecule has 0 spiro atoms. The van der Waals surface area contributed by atoms with E-state index in [0.29, 0.717) is 0 Å². The summed E-state index contributed by atoms with van der Waals surface area (Å²) >= 11 is 0. The van der Waals surface area contributed by atoms with E-state index in [1.807, 2.05) is 36.9 Å². The van der Waals surface area contributed by atoms with Crippen molar-refractivity contribution in [2.24, 2.45) is 0 Å². The summed E-state index contributed by atoms with van der Waals surface area (Å²) < 4.78 is 13.3. The second-order valence-electron chi connectivity index (χ2n) is 4.15. The quantitative estimate of drug-likeness (QED) is 0.885. The zero-order chi connectivity index (χ0) is 13.7. The summed E-state index contributed by atoms with van der Waals surface area (Å²) in [5.74, 6) is 0.603. The maximum atomic E-state index is 13.3. The van der Waals surface area contributed by atoms with E-state index in [4.69, 9.17) is 0 Å². The molecule has 2 aromatic rings. The molecule has 1 aromatic carbocycles. The molecule has 2 rings (SSSR count). The van der Waals surface area contributed by atoms with E-state index < -0.39 is 0 Å². The van der Waals surface area contributed by atoms with Crippen LogP contribution in [0, 0.1) is 5.82 Å². The Morgan fingerprint density at radius 3 is 2.63 bits per heavy atom. The van der Waals surface area contributed by atoms with Crippen molar-refractivity contribution in [1.29, 1.82) is 0 Å². The lowest BCUT2D eigenvalue weighted by Crippen LogP contribution is -2.16. The van der Waals surface area contributed by atoms with Crippen LogP contribution in [-0.2, 0) is 0 Å². The summed E-state index contributed by atoms with van der Waals surface area (Å²) in [6, 6.07) is 10.5. The van der Waals surface area contributed by atoms with Crippen LogP contribution in [0.25, 0.3) is 0 Å². The Bertz CT molecular complexity index is 542. The number of halogens is 1. The largest absolute Gasteiger partial charge is 0.370 e. The Labute approximate surface area is 113 Å². The minimum Gasteiger partial charge on any atom is -0.370 e.